The van der Waals surface area contributed by atoms with Crippen molar-refractivity contribution in [3.8, 4) is 11.9 Å². The Morgan fingerprint density at radius 1 is 1.03 bits per heavy atom. The quantitative estimate of drug-likeness (QED) is 0.154. The van der Waals surface area contributed by atoms with E-state index in [2.05, 4.69) is 20.6 Å². The van der Waals surface area contributed by atoms with E-state index in [1.54, 1.807) is 24.5 Å². The fourth-order valence-corrected chi connectivity index (χ4v) is 2.95. The minimum atomic E-state index is -0.263. The molecule has 0 amide bonds. The molecule has 7 heteroatoms. The third-order valence-electron chi connectivity index (χ3n) is 4.49. The van der Waals surface area contributed by atoms with Gasteiger partial charge in [0.25, 0.3) is 0 Å². The summed E-state index contributed by atoms with van der Waals surface area (Å²) in [4.78, 5) is 8.44. The van der Waals surface area contributed by atoms with Crippen LogP contribution in [0.1, 0.15) is 51.4 Å². The Bertz CT molecular complexity index is 792. The van der Waals surface area contributed by atoms with Crippen molar-refractivity contribution < 1.29 is 9.13 Å². The number of nitrogens with zero attached hydrogens (tertiary/aromatic N) is 3. The third kappa shape index (κ3) is 10.4. The van der Waals surface area contributed by atoms with E-state index in [1.807, 2.05) is 18.3 Å². The van der Waals surface area contributed by atoms with Gasteiger partial charge < -0.3 is 10.1 Å². The van der Waals surface area contributed by atoms with Crippen molar-refractivity contribution in [2.45, 2.75) is 51.4 Å². The van der Waals surface area contributed by atoms with Crippen LogP contribution in [0.4, 0.5) is 10.1 Å². The average molecular weight is 412 g/mol. The highest BCUT2D eigenvalue weighted by molar-refractivity contribution is 5.94. The molecule has 0 spiro atoms. The number of nitrogens with one attached hydrogen (secondary N) is 2. The lowest BCUT2D eigenvalue weighted by Gasteiger charge is -2.07. The molecule has 2 rings (SSSR count). The molecule has 2 N–H and O–H groups in total. The van der Waals surface area contributed by atoms with Crippen molar-refractivity contribution in [1.82, 2.24) is 10.3 Å². The molecule has 30 heavy (non-hydrogen) atoms. The molecule has 0 aliphatic rings. The van der Waals surface area contributed by atoms with Crippen LogP contribution in [0.2, 0.25) is 0 Å². The van der Waals surface area contributed by atoms with Gasteiger partial charge in [-0.3, -0.25) is 15.3 Å². The van der Waals surface area contributed by atoms with E-state index in [1.165, 1.54) is 37.8 Å². The number of hydrogen-bond donors (Lipinski definition) is 2. The zero-order chi connectivity index (χ0) is 21.3. The SMILES string of the molecule is N#CNC(=NCCCCCCCCCCOc1cccc(F)c1)Nc1cccnc1. The molecule has 160 valence electrons. The van der Waals surface area contributed by atoms with Crippen LogP contribution >= 0.6 is 0 Å². The summed E-state index contributed by atoms with van der Waals surface area (Å²) < 4.78 is 18.6. The lowest BCUT2D eigenvalue weighted by atomic mass is 10.1. The monoisotopic (exact) mass is 411 g/mol. The van der Waals surface area contributed by atoms with Gasteiger partial charge in [-0.05, 0) is 37.1 Å². The Morgan fingerprint density at radius 3 is 2.50 bits per heavy atom. The molecule has 0 unspecified atom stereocenters. The maximum absolute atomic E-state index is 13.0. The first-order valence-corrected chi connectivity index (χ1v) is 10.5. The molecule has 2 aromatic rings. The second-order valence-electron chi connectivity index (χ2n) is 6.97. The lowest BCUT2D eigenvalue weighted by molar-refractivity contribution is 0.303. The van der Waals surface area contributed by atoms with Crippen molar-refractivity contribution >= 4 is 11.6 Å². The van der Waals surface area contributed by atoms with Crippen LogP contribution in [0.15, 0.2) is 53.8 Å². The van der Waals surface area contributed by atoms with Crippen LogP contribution in [0.5, 0.6) is 5.75 Å². The molecule has 0 fully saturated rings. The van der Waals surface area contributed by atoms with Gasteiger partial charge in [0.1, 0.15) is 11.6 Å². The van der Waals surface area contributed by atoms with Crippen molar-refractivity contribution in [3.05, 3.63) is 54.6 Å². The van der Waals surface area contributed by atoms with Crippen LogP contribution in [0.3, 0.4) is 0 Å². The maximum atomic E-state index is 13.0. The number of halogens is 1. The molecule has 1 aromatic carbocycles. The average Bonchev–Trinajstić information content (AvgIpc) is 2.75. The van der Waals surface area contributed by atoms with E-state index in [0.717, 1.165) is 31.4 Å². The molecular formula is C23H30FN5O. The number of ether oxygens (including phenoxy) is 1. The number of aliphatic imine (C=N–C) groups is 1. The van der Waals surface area contributed by atoms with Crippen LogP contribution in [-0.4, -0.2) is 24.1 Å². The standard InChI is InChI=1S/C23H30FN5O/c24-20-11-9-13-22(17-20)30-16-8-6-4-2-1-3-5-7-15-27-23(28-19-25)29-21-12-10-14-26-18-21/h9-14,17-18H,1-8,15-16H2,(H2,27,28,29). The fraction of sp³-hybridized carbons (Fsp3) is 0.435. The van der Waals surface area contributed by atoms with Crippen LogP contribution < -0.4 is 15.4 Å². The Morgan fingerprint density at radius 2 is 1.80 bits per heavy atom. The number of guanidine groups is 1. The predicted molar refractivity (Wildman–Crippen MR) is 118 cm³/mol. The number of rotatable bonds is 13. The number of pyridine rings is 1. The van der Waals surface area contributed by atoms with E-state index in [-0.39, 0.29) is 5.82 Å². The molecule has 0 atom stereocenters. The van der Waals surface area contributed by atoms with Gasteiger partial charge in [-0.1, -0.05) is 44.6 Å². The van der Waals surface area contributed by atoms with Gasteiger partial charge in [-0.15, -0.1) is 0 Å². The molecule has 0 aliphatic carbocycles. The van der Waals surface area contributed by atoms with Crippen molar-refractivity contribution in [1.29, 1.82) is 5.26 Å². The molecule has 6 nitrogen and oxygen atoms in total. The number of anilines is 1. The molecule has 0 saturated carbocycles. The number of aromatic nitrogens is 1. The van der Waals surface area contributed by atoms with Gasteiger partial charge >= 0.3 is 0 Å². The second kappa shape index (κ2) is 14.8. The molecule has 0 radical (unpaired) electrons. The summed E-state index contributed by atoms with van der Waals surface area (Å²) in [6.45, 7) is 1.31. The fourth-order valence-electron chi connectivity index (χ4n) is 2.95. The van der Waals surface area contributed by atoms with E-state index < -0.39 is 0 Å². The zero-order valence-corrected chi connectivity index (χ0v) is 17.3. The van der Waals surface area contributed by atoms with Crippen molar-refractivity contribution in [3.63, 3.8) is 0 Å². The predicted octanol–water partition coefficient (Wildman–Crippen LogP) is 5.26. The van der Waals surface area contributed by atoms with Gasteiger partial charge in [0.2, 0.25) is 5.96 Å². The number of benzene rings is 1. The minimum Gasteiger partial charge on any atom is -0.493 e. The largest absolute Gasteiger partial charge is 0.493 e. The van der Waals surface area contributed by atoms with Gasteiger partial charge in [0, 0.05) is 18.8 Å². The van der Waals surface area contributed by atoms with E-state index in [9.17, 15) is 4.39 Å². The Hall–Kier alpha value is -3.14. The molecule has 0 aliphatic heterocycles. The lowest BCUT2D eigenvalue weighted by Crippen LogP contribution is -2.27. The third-order valence-corrected chi connectivity index (χ3v) is 4.49. The minimum absolute atomic E-state index is 0.263. The highest BCUT2D eigenvalue weighted by Gasteiger charge is 1.99. The Labute approximate surface area is 178 Å². The van der Waals surface area contributed by atoms with Crippen molar-refractivity contribution in [2.75, 3.05) is 18.5 Å². The summed E-state index contributed by atoms with van der Waals surface area (Å²) in [7, 11) is 0. The summed E-state index contributed by atoms with van der Waals surface area (Å²) in [5, 5.41) is 14.5. The van der Waals surface area contributed by atoms with E-state index in [0.29, 0.717) is 24.9 Å². The summed E-state index contributed by atoms with van der Waals surface area (Å²) in [5.74, 6) is 0.785. The maximum Gasteiger partial charge on any atom is 0.209 e. The summed E-state index contributed by atoms with van der Waals surface area (Å²) in [5.41, 5.74) is 0.792. The first-order valence-electron chi connectivity index (χ1n) is 10.5. The van der Waals surface area contributed by atoms with Crippen molar-refractivity contribution in [2.24, 2.45) is 4.99 Å². The first-order chi connectivity index (χ1) is 14.8. The Balaban J connectivity index is 1.45. The number of hydrogen-bond acceptors (Lipinski definition) is 4. The highest BCUT2D eigenvalue weighted by Crippen LogP contribution is 2.13. The smallest absolute Gasteiger partial charge is 0.209 e. The number of nitriles is 1. The Kier molecular flexibility index (Phi) is 11.4. The van der Waals surface area contributed by atoms with Crippen LogP contribution in [0, 0.1) is 17.3 Å². The van der Waals surface area contributed by atoms with Crippen LogP contribution in [-0.2, 0) is 0 Å². The molecule has 1 aromatic heterocycles. The van der Waals surface area contributed by atoms with E-state index in [4.69, 9.17) is 10.00 Å². The van der Waals surface area contributed by atoms with Crippen LogP contribution in [0.25, 0.3) is 0 Å². The molecule has 1 heterocycles. The summed E-state index contributed by atoms with van der Waals surface area (Å²) in [6.07, 6.45) is 14.3. The molecular weight excluding hydrogens is 381 g/mol. The zero-order valence-electron chi connectivity index (χ0n) is 17.3. The van der Waals surface area contributed by atoms with Gasteiger partial charge in [0.15, 0.2) is 6.19 Å². The molecule has 0 bridgehead atoms. The highest BCUT2D eigenvalue weighted by atomic mass is 19.1. The first kappa shape index (κ1) is 23.1. The summed E-state index contributed by atoms with van der Waals surface area (Å²) >= 11 is 0. The van der Waals surface area contributed by atoms with Gasteiger partial charge in [0.05, 0.1) is 18.5 Å². The number of unbranched alkanes of at least 4 members (excludes halogenated alkanes) is 7. The topological polar surface area (TPSA) is 82.3 Å². The van der Waals surface area contributed by atoms with Gasteiger partial charge in [-0.25, -0.2) is 4.39 Å². The van der Waals surface area contributed by atoms with Gasteiger partial charge in [-0.2, -0.15) is 5.26 Å². The normalized spacial score (nSPS) is 11.0. The van der Waals surface area contributed by atoms with E-state index >= 15 is 0 Å². The second-order valence-corrected chi connectivity index (χ2v) is 6.97. The molecule has 0 saturated heterocycles. The summed E-state index contributed by atoms with van der Waals surface area (Å²) in [6, 6.07) is 9.97.